The molecule has 6 nitrogen and oxygen atoms in total. The van der Waals surface area contributed by atoms with Gasteiger partial charge < -0.3 is 15.1 Å². The Balaban J connectivity index is 2.44. The van der Waals surface area contributed by atoms with Crippen molar-refractivity contribution in [3.05, 3.63) is 41.9 Å². The summed E-state index contributed by atoms with van der Waals surface area (Å²) in [5.41, 5.74) is 8.40. The van der Waals surface area contributed by atoms with E-state index in [0.717, 1.165) is 11.3 Å². The smallest absolute Gasteiger partial charge is 0.238 e. The van der Waals surface area contributed by atoms with E-state index < -0.39 is 10.0 Å². The van der Waals surface area contributed by atoms with Crippen molar-refractivity contribution < 1.29 is 12.8 Å². The molecule has 0 spiro atoms. The molecule has 1 aromatic carbocycles. The highest BCUT2D eigenvalue weighted by molar-refractivity contribution is 7.89. The molecule has 0 bridgehead atoms. The van der Waals surface area contributed by atoms with Gasteiger partial charge in [-0.3, -0.25) is 0 Å². The van der Waals surface area contributed by atoms with Crippen LogP contribution in [0, 0.1) is 6.92 Å². The summed E-state index contributed by atoms with van der Waals surface area (Å²) >= 11 is 0. The van der Waals surface area contributed by atoms with Crippen molar-refractivity contribution in [2.45, 2.75) is 18.4 Å². The van der Waals surface area contributed by atoms with Crippen LogP contribution in [0.1, 0.15) is 11.1 Å². The van der Waals surface area contributed by atoms with Crippen LogP contribution in [0.3, 0.4) is 0 Å². The lowest BCUT2D eigenvalue weighted by Gasteiger charge is -2.22. The van der Waals surface area contributed by atoms with E-state index in [1.54, 1.807) is 25.5 Å². The Hall–Kier alpha value is -1.99. The highest BCUT2D eigenvalue weighted by Crippen LogP contribution is 2.29. The summed E-state index contributed by atoms with van der Waals surface area (Å²) in [6.07, 6.45) is 3.23. The number of primary sulfonamides is 1. The lowest BCUT2D eigenvalue weighted by atomic mass is 10.1. The molecule has 0 aliphatic carbocycles. The molecule has 108 valence electrons. The Morgan fingerprint density at radius 2 is 2.05 bits per heavy atom. The number of sulfonamides is 1. The quantitative estimate of drug-likeness (QED) is 0.831. The molecule has 0 aliphatic heterocycles. The van der Waals surface area contributed by atoms with Gasteiger partial charge in [-0.25, -0.2) is 13.6 Å². The first-order valence-corrected chi connectivity index (χ1v) is 7.49. The standard InChI is InChI=1S/C13H17N3O3S/c1-9-12(16(2)7-10-3-4-19-8-10)5-11(14)6-13(9)20(15,17)18/h3-6,8H,7,14H2,1-2H3,(H2,15,17,18). The molecule has 0 atom stereocenters. The second kappa shape index (κ2) is 5.18. The van der Waals surface area contributed by atoms with Gasteiger partial charge >= 0.3 is 0 Å². The van der Waals surface area contributed by atoms with Crippen LogP contribution in [0.4, 0.5) is 11.4 Å². The largest absolute Gasteiger partial charge is 0.472 e. The topological polar surface area (TPSA) is 103 Å². The minimum absolute atomic E-state index is 0.0477. The third-order valence-electron chi connectivity index (χ3n) is 3.07. The zero-order chi connectivity index (χ0) is 14.9. The van der Waals surface area contributed by atoms with Gasteiger partial charge in [-0.2, -0.15) is 0 Å². The van der Waals surface area contributed by atoms with Gasteiger partial charge in [0.25, 0.3) is 0 Å². The highest BCUT2D eigenvalue weighted by atomic mass is 32.2. The van der Waals surface area contributed by atoms with Crippen molar-refractivity contribution in [3.8, 4) is 0 Å². The first kappa shape index (κ1) is 14.4. The van der Waals surface area contributed by atoms with Crippen LogP contribution < -0.4 is 15.8 Å². The zero-order valence-electron chi connectivity index (χ0n) is 11.3. The second-order valence-corrected chi connectivity index (χ2v) is 6.23. The molecule has 0 aliphatic rings. The molecular formula is C13H17N3O3S. The van der Waals surface area contributed by atoms with Gasteiger partial charge in [0.1, 0.15) is 0 Å². The average molecular weight is 295 g/mol. The van der Waals surface area contributed by atoms with Crippen LogP contribution in [0.25, 0.3) is 0 Å². The number of rotatable bonds is 4. The van der Waals surface area contributed by atoms with Crippen molar-refractivity contribution in [2.75, 3.05) is 17.7 Å². The predicted octanol–water partition coefficient (Wildman–Crippen LogP) is 1.45. The van der Waals surface area contributed by atoms with Gasteiger partial charge in [0.2, 0.25) is 10.0 Å². The summed E-state index contributed by atoms with van der Waals surface area (Å²) in [5, 5.41) is 5.21. The molecule has 0 fully saturated rings. The van der Waals surface area contributed by atoms with E-state index in [9.17, 15) is 8.42 Å². The van der Waals surface area contributed by atoms with Crippen molar-refractivity contribution >= 4 is 21.4 Å². The summed E-state index contributed by atoms with van der Waals surface area (Å²) in [6.45, 7) is 2.28. The van der Waals surface area contributed by atoms with Crippen molar-refractivity contribution in [1.82, 2.24) is 0 Å². The fraction of sp³-hybridized carbons (Fsp3) is 0.231. The predicted molar refractivity (Wildman–Crippen MR) is 77.8 cm³/mol. The number of benzene rings is 1. The molecule has 0 unspecified atom stereocenters. The molecule has 20 heavy (non-hydrogen) atoms. The molecule has 1 heterocycles. The molecule has 4 N–H and O–H groups in total. The van der Waals surface area contributed by atoms with Crippen LogP contribution in [0.15, 0.2) is 40.0 Å². The van der Waals surface area contributed by atoms with Crippen LogP contribution in [-0.4, -0.2) is 15.5 Å². The van der Waals surface area contributed by atoms with Gasteiger partial charge in [0.05, 0.1) is 17.4 Å². The fourth-order valence-corrected chi connectivity index (χ4v) is 2.96. The fourth-order valence-electron chi connectivity index (χ4n) is 2.13. The minimum atomic E-state index is -3.80. The normalized spacial score (nSPS) is 11.6. The van der Waals surface area contributed by atoms with Gasteiger partial charge in [-0.15, -0.1) is 0 Å². The second-order valence-electron chi connectivity index (χ2n) is 4.70. The minimum Gasteiger partial charge on any atom is -0.472 e. The molecule has 2 aromatic rings. The maximum Gasteiger partial charge on any atom is 0.238 e. The van der Waals surface area contributed by atoms with Crippen LogP contribution in [0.5, 0.6) is 0 Å². The molecule has 1 aromatic heterocycles. The third-order valence-corrected chi connectivity index (χ3v) is 4.11. The van der Waals surface area contributed by atoms with E-state index in [2.05, 4.69) is 0 Å². The molecular weight excluding hydrogens is 278 g/mol. The van der Waals surface area contributed by atoms with E-state index in [1.807, 2.05) is 18.0 Å². The van der Waals surface area contributed by atoms with Crippen molar-refractivity contribution in [1.29, 1.82) is 0 Å². The number of nitrogens with zero attached hydrogens (tertiary/aromatic N) is 1. The van der Waals surface area contributed by atoms with Crippen LogP contribution >= 0.6 is 0 Å². The monoisotopic (exact) mass is 295 g/mol. The SMILES string of the molecule is Cc1c(N(C)Cc2ccoc2)cc(N)cc1S(N)(=O)=O. The van der Waals surface area contributed by atoms with E-state index >= 15 is 0 Å². The summed E-state index contributed by atoms with van der Waals surface area (Å²) in [7, 11) is -1.95. The average Bonchev–Trinajstić information content (AvgIpc) is 2.83. The lowest BCUT2D eigenvalue weighted by molar-refractivity contribution is 0.563. The van der Waals surface area contributed by atoms with E-state index in [0.29, 0.717) is 17.8 Å². The highest BCUT2D eigenvalue weighted by Gasteiger charge is 2.17. The van der Waals surface area contributed by atoms with Gasteiger partial charge in [-0.1, -0.05) is 0 Å². The van der Waals surface area contributed by atoms with Crippen molar-refractivity contribution in [2.24, 2.45) is 5.14 Å². The number of furan rings is 1. The Bertz CT molecular complexity index is 709. The van der Waals surface area contributed by atoms with Gasteiger partial charge in [-0.05, 0) is 30.7 Å². The number of hydrogen-bond donors (Lipinski definition) is 2. The van der Waals surface area contributed by atoms with Crippen LogP contribution in [0.2, 0.25) is 0 Å². The molecule has 0 radical (unpaired) electrons. The van der Waals surface area contributed by atoms with Crippen LogP contribution in [-0.2, 0) is 16.6 Å². The number of nitrogens with two attached hydrogens (primary N) is 2. The van der Waals surface area contributed by atoms with Gasteiger partial charge in [0.15, 0.2) is 0 Å². The number of hydrogen-bond acceptors (Lipinski definition) is 5. The number of nitrogen functional groups attached to an aromatic ring is 1. The lowest BCUT2D eigenvalue weighted by Crippen LogP contribution is -2.20. The molecule has 2 rings (SSSR count). The Labute approximate surface area is 118 Å². The molecule has 0 amide bonds. The van der Waals surface area contributed by atoms with E-state index in [4.69, 9.17) is 15.3 Å². The first-order valence-electron chi connectivity index (χ1n) is 5.94. The Morgan fingerprint density at radius 1 is 1.35 bits per heavy atom. The maximum absolute atomic E-state index is 11.6. The van der Waals surface area contributed by atoms with E-state index in [1.165, 1.54) is 6.07 Å². The summed E-state index contributed by atoms with van der Waals surface area (Å²) in [6, 6.07) is 4.95. The van der Waals surface area contributed by atoms with E-state index in [-0.39, 0.29) is 4.90 Å². The Morgan fingerprint density at radius 3 is 2.60 bits per heavy atom. The van der Waals surface area contributed by atoms with Gasteiger partial charge in [0, 0.05) is 30.5 Å². The number of anilines is 2. The Kier molecular flexibility index (Phi) is 3.74. The summed E-state index contributed by atoms with van der Waals surface area (Å²) in [4.78, 5) is 1.94. The summed E-state index contributed by atoms with van der Waals surface area (Å²) < 4.78 is 28.2. The molecule has 7 heteroatoms. The molecule has 0 saturated heterocycles. The summed E-state index contributed by atoms with van der Waals surface area (Å²) in [5.74, 6) is 0. The zero-order valence-corrected chi connectivity index (χ0v) is 12.1. The molecule has 0 saturated carbocycles. The maximum atomic E-state index is 11.6. The van der Waals surface area contributed by atoms with Crippen molar-refractivity contribution in [3.63, 3.8) is 0 Å². The first-order chi connectivity index (χ1) is 9.29. The third kappa shape index (κ3) is 2.94.